The van der Waals surface area contributed by atoms with Gasteiger partial charge in [0.25, 0.3) is 5.91 Å². The van der Waals surface area contributed by atoms with Crippen molar-refractivity contribution >= 4 is 11.7 Å². The first-order valence-electron chi connectivity index (χ1n) is 6.61. The van der Waals surface area contributed by atoms with E-state index >= 15 is 0 Å². The van der Waals surface area contributed by atoms with Gasteiger partial charge in [0.15, 0.2) is 11.5 Å². The smallest absolute Gasteiger partial charge is 0.271 e. The fraction of sp³-hybridized carbons (Fsp3) is 0.615. The van der Waals surface area contributed by atoms with Crippen molar-refractivity contribution in [2.45, 2.75) is 32.2 Å². The van der Waals surface area contributed by atoms with E-state index < -0.39 is 5.54 Å². The van der Waals surface area contributed by atoms with Crippen molar-refractivity contribution in [2.24, 2.45) is 5.73 Å². The normalized spacial score (nSPS) is 15.6. The number of aromatic nitrogens is 2. The molecule has 6 nitrogen and oxygen atoms in total. The van der Waals surface area contributed by atoms with E-state index in [9.17, 15) is 4.79 Å². The molecule has 6 heteroatoms. The maximum absolute atomic E-state index is 11.8. The molecule has 0 spiro atoms. The summed E-state index contributed by atoms with van der Waals surface area (Å²) in [6, 6.07) is 3.56. The number of hydrogen-bond donors (Lipinski definition) is 2. The molecule has 3 N–H and O–H groups in total. The van der Waals surface area contributed by atoms with Crippen LogP contribution in [-0.2, 0) is 0 Å². The summed E-state index contributed by atoms with van der Waals surface area (Å²) in [6.45, 7) is 6.15. The van der Waals surface area contributed by atoms with Crippen LogP contribution in [0.15, 0.2) is 12.1 Å². The molecule has 0 aromatic carbocycles. The van der Waals surface area contributed by atoms with Crippen LogP contribution >= 0.6 is 0 Å². The number of nitrogens with one attached hydrogen (secondary N) is 1. The van der Waals surface area contributed by atoms with Gasteiger partial charge in [-0.25, -0.2) is 0 Å². The van der Waals surface area contributed by atoms with Crippen LogP contribution in [0.2, 0.25) is 0 Å². The Morgan fingerprint density at radius 3 is 2.58 bits per heavy atom. The SMILES string of the molecule is CC(C)(N)CNC(=O)c1ccc(N2CCCC2)nn1. The fourth-order valence-electron chi connectivity index (χ4n) is 1.96. The van der Waals surface area contributed by atoms with Gasteiger partial charge in [-0.3, -0.25) is 4.79 Å². The Labute approximate surface area is 113 Å². The summed E-state index contributed by atoms with van der Waals surface area (Å²) >= 11 is 0. The van der Waals surface area contributed by atoms with Crippen LogP contribution in [0.5, 0.6) is 0 Å². The van der Waals surface area contributed by atoms with Crippen molar-refractivity contribution in [1.82, 2.24) is 15.5 Å². The standard InChI is InChI=1S/C13H21N5O/c1-13(2,14)9-15-12(19)10-5-6-11(17-16-10)18-7-3-4-8-18/h5-6H,3-4,7-9,14H2,1-2H3,(H,15,19). The summed E-state index contributed by atoms with van der Waals surface area (Å²) in [4.78, 5) is 14.0. The van der Waals surface area contributed by atoms with Crippen molar-refractivity contribution in [3.63, 3.8) is 0 Å². The third kappa shape index (κ3) is 3.89. The van der Waals surface area contributed by atoms with Crippen LogP contribution in [0.25, 0.3) is 0 Å². The van der Waals surface area contributed by atoms with E-state index in [0.717, 1.165) is 18.9 Å². The molecule has 2 heterocycles. The predicted octanol–water partition coefficient (Wildman–Crippen LogP) is 0.544. The fourth-order valence-corrected chi connectivity index (χ4v) is 1.96. The number of amides is 1. The topological polar surface area (TPSA) is 84.1 Å². The predicted molar refractivity (Wildman–Crippen MR) is 74.1 cm³/mol. The summed E-state index contributed by atoms with van der Waals surface area (Å²) in [5, 5.41) is 10.8. The minimum Gasteiger partial charge on any atom is -0.355 e. The quantitative estimate of drug-likeness (QED) is 0.828. The van der Waals surface area contributed by atoms with Gasteiger partial charge in [0.1, 0.15) is 0 Å². The molecule has 104 valence electrons. The summed E-state index contributed by atoms with van der Waals surface area (Å²) in [5.41, 5.74) is 5.71. The lowest BCUT2D eigenvalue weighted by Gasteiger charge is -2.19. The lowest BCUT2D eigenvalue weighted by atomic mass is 10.1. The molecule has 0 unspecified atom stereocenters. The van der Waals surface area contributed by atoms with E-state index in [1.807, 2.05) is 19.9 Å². The highest BCUT2D eigenvalue weighted by Gasteiger charge is 2.17. The van der Waals surface area contributed by atoms with Crippen LogP contribution < -0.4 is 16.0 Å². The van der Waals surface area contributed by atoms with Crippen LogP contribution in [0.4, 0.5) is 5.82 Å². The molecule has 2 rings (SSSR count). The molecule has 0 radical (unpaired) electrons. The molecule has 0 atom stereocenters. The number of nitrogens with zero attached hydrogens (tertiary/aromatic N) is 3. The maximum Gasteiger partial charge on any atom is 0.271 e. The first-order chi connectivity index (χ1) is 8.96. The van der Waals surface area contributed by atoms with Gasteiger partial charge in [-0.15, -0.1) is 10.2 Å². The zero-order valence-corrected chi connectivity index (χ0v) is 11.5. The first-order valence-corrected chi connectivity index (χ1v) is 6.61. The van der Waals surface area contributed by atoms with Crippen LogP contribution in [0, 0.1) is 0 Å². The third-order valence-electron chi connectivity index (χ3n) is 3.02. The molecule has 1 amide bonds. The Hall–Kier alpha value is -1.69. The van der Waals surface area contributed by atoms with Gasteiger partial charge in [-0.2, -0.15) is 0 Å². The monoisotopic (exact) mass is 263 g/mol. The van der Waals surface area contributed by atoms with Crippen LogP contribution in [0.1, 0.15) is 37.2 Å². The minimum absolute atomic E-state index is 0.237. The first kappa shape index (κ1) is 13.7. The maximum atomic E-state index is 11.8. The van der Waals surface area contributed by atoms with Crippen molar-refractivity contribution in [3.05, 3.63) is 17.8 Å². The number of nitrogens with two attached hydrogens (primary N) is 1. The van der Waals surface area contributed by atoms with Gasteiger partial charge in [-0.05, 0) is 38.8 Å². The molecule has 19 heavy (non-hydrogen) atoms. The lowest BCUT2D eigenvalue weighted by Crippen LogP contribution is -2.45. The molecular weight excluding hydrogens is 242 g/mol. The van der Waals surface area contributed by atoms with Gasteiger partial charge in [0.05, 0.1) is 0 Å². The summed E-state index contributed by atoms with van der Waals surface area (Å²) < 4.78 is 0. The van der Waals surface area contributed by atoms with Gasteiger partial charge in [-0.1, -0.05) is 0 Å². The third-order valence-corrected chi connectivity index (χ3v) is 3.02. The summed E-state index contributed by atoms with van der Waals surface area (Å²) in [5.74, 6) is 0.604. The highest BCUT2D eigenvalue weighted by atomic mass is 16.1. The zero-order chi connectivity index (χ0) is 13.9. The van der Waals surface area contributed by atoms with E-state index in [0.29, 0.717) is 12.2 Å². The van der Waals surface area contributed by atoms with Crippen LogP contribution in [0.3, 0.4) is 0 Å². The minimum atomic E-state index is -0.432. The second-order valence-corrected chi connectivity index (χ2v) is 5.64. The second kappa shape index (κ2) is 5.52. The molecule has 1 aromatic rings. The Kier molecular flexibility index (Phi) is 3.99. The van der Waals surface area contributed by atoms with E-state index in [1.54, 1.807) is 6.07 Å². The van der Waals surface area contributed by atoms with Crippen molar-refractivity contribution in [1.29, 1.82) is 0 Å². The number of anilines is 1. The molecule has 1 aromatic heterocycles. The second-order valence-electron chi connectivity index (χ2n) is 5.64. The molecule has 0 aliphatic carbocycles. The molecule has 1 aliphatic rings. The van der Waals surface area contributed by atoms with E-state index in [1.165, 1.54) is 12.8 Å². The Morgan fingerprint density at radius 2 is 2.05 bits per heavy atom. The van der Waals surface area contributed by atoms with Gasteiger partial charge < -0.3 is 16.0 Å². The molecule has 1 saturated heterocycles. The summed E-state index contributed by atoms with van der Waals surface area (Å²) in [7, 11) is 0. The van der Waals surface area contributed by atoms with Crippen LogP contribution in [-0.4, -0.2) is 41.3 Å². The molecular formula is C13H21N5O. The largest absolute Gasteiger partial charge is 0.355 e. The summed E-state index contributed by atoms with van der Waals surface area (Å²) in [6.07, 6.45) is 2.38. The molecule has 0 bridgehead atoms. The number of rotatable bonds is 4. The highest BCUT2D eigenvalue weighted by Crippen LogP contribution is 2.16. The highest BCUT2D eigenvalue weighted by molar-refractivity contribution is 5.92. The van der Waals surface area contributed by atoms with Gasteiger partial charge in [0, 0.05) is 25.2 Å². The molecule has 0 saturated carbocycles. The van der Waals surface area contributed by atoms with Gasteiger partial charge >= 0.3 is 0 Å². The Morgan fingerprint density at radius 1 is 1.37 bits per heavy atom. The molecule has 1 fully saturated rings. The number of carbonyl (C=O) groups is 1. The van der Waals surface area contributed by atoms with Crippen molar-refractivity contribution in [2.75, 3.05) is 24.5 Å². The Bertz CT molecular complexity index is 431. The number of carbonyl (C=O) groups excluding carboxylic acids is 1. The van der Waals surface area contributed by atoms with Crippen molar-refractivity contribution < 1.29 is 4.79 Å². The average molecular weight is 263 g/mol. The number of hydrogen-bond acceptors (Lipinski definition) is 5. The van der Waals surface area contributed by atoms with E-state index in [2.05, 4.69) is 20.4 Å². The van der Waals surface area contributed by atoms with E-state index in [4.69, 9.17) is 5.73 Å². The van der Waals surface area contributed by atoms with E-state index in [-0.39, 0.29) is 5.91 Å². The van der Waals surface area contributed by atoms with Crippen molar-refractivity contribution in [3.8, 4) is 0 Å². The average Bonchev–Trinajstić information content (AvgIpc) is 2.89. The lowest BCUT2D eigenvalue weighted by molar-refractivity contribution is 0.0940. The zero-order valence-electron chi connectivity index (χ0n) is 11.5. The molecule has 1 aliphatic heterocycles. The Balaban J connectivity index is 1.95. The van der Waals surface area contributed by atoms with Gasteiger partial charge in [0.2, 0.25) is 0 Å².